The molecule has 19 heavy (non-hydrogen) atoms. The SMILES string of the molecule is CC(O)C(=O)OOC(=O)C(O)C(O)CCCCCO. The third kappa shape index (κ3) is 7.73. The maximum atomic E-state index is 11.2. The average Bonchev–Trinajstić information content (AvgIpc) is 2.39. The van der Waals surface area contributed by atoms with Crippen molar-refractivity contribution in [3.05, 3.63) is 0 Å². The lowest BCUT2D eigenvalue weighted by Gasteiger charge is -2.15. The zero-order valence-corrected chi connectivity index (χ0v) is 10.7. The van der Waals surface area contributed by atoms with Crippen LogP contribution in [0.5, 0.6) is 0 Å². The molecule has 8 heteroatoms. The Morgan fingerprint density at radius 3 is 2.11 bits per heavy atom. The molecule has 3 atom stereocenters. The van der Waals surface area contributed by atoms with E-state index in [2.05, 4.69) is 9.78 Å². The van der Waals surface area contributed by atoms with Crippen LogP contribution in [0.4, 0.5) is 0 Å². The van der Waals surface area contributed by atoms with Crippen molar-refractivity contribution in [1.29, 1.82) is 0 Å². The number of carbonyl (C=O) groups is 2. The standard InChI is InChI=1S/C11H20O8/c1-7(13)10(16)18-19-11(17)9(15)8(14)5-3-2-4-6-12/h7-9,12-15H,2-6H2,1H3. The van der Waals surface area contributed by atoms with Gasteiger partial charge in [0.05, 0.1) is 6.10 Å². The lowest BCUT2D eigenvalue weighted by molar-refractivity contribution is -0.271. The van der Waals surface area contributed by atoms with Crippen molar-refractivity contribution < 1.29 is 39.8 Å². The third-order valence-corrected chi connectivity index (χ3v) is 2.31. The molecule has 0 bridgehead atoms. The van der Waals surface area contributed by atoms with Crippen LogP contribution >= 0.6 is 0 Å². The summed E-state index contributed by atoms with van der Waals surface area (Å²) in [5.74, 6) is -2.50. The minimum Gasteiger partial charge on any atom is -0.396 e. The van der Waals surface area contributed by atoms with Crippen LogP contribution in [0, 0.1) is 0 Å². The third-order valence-electron chi connectivity index (χ3n) is 2.31. The summed E-state index contributed by atoms with van der Waals surface area (Å²) in [7, 11) is 0. The molecule has 3 unspecified atom stereocenters. The van der Waals surface area contributed by atoms with Gasteiger partial charge in [0.2, 0.25) is 0 Å². The summed E-state index contributed by atoms with van der Waals surface area (Å²) >= 11 is 0. The normalized spacial score (nSPS) is 15.4. The first kappa shape index (κ1) is 17.8. The average molecular weight is 280 g/mol. The van der Waals surface area contributed by atoms with Gasteiger partial charge in [-0.05, 0) is 19.8 Å². The second kappa shape index (κ2) is 9.68. The monoisotopic (exact) mass is 280 g/mol. The number of aliphatic hydroxyl groups excluding tert-OH is 4. The van der Waals surface area contributed by atoms with E-state index in [4.69, 9.17) is 10.2 Å². The molecule has 0 aromatic rings. The quantitative estimate of drug-likeness (QED) is 0.243. The van der Waals surface area contributed by atoms with E-state index in [1.807, 2.05) is 0 Å². The fourth-order valence-corrected chi connectivity index (χ4v) is 1.16. The van der Waals surface area contributed by atoms with Gasteiger partial charge < -0.3 is 20.4 Å². The lowest BCUT2D eigenvalue weighted by atomic mass is 10.1. The molecule has 8 nitrogen and oxygen atoms in total. The molecule has 0 aliphatic carbocycles. The highest BCUT2D eigenvalue weighted by Crippen LogP contribution is 2.08. The van der Waals surface area contributed by atoms with E-state index in [0.717, 1.165) is 6.92 Å². The van der Waals surface area contributed by atoms with Crippen LogP contribution in [0.25, 0.3) is 0 Å². The summed E-state index contributed by atoms with van der Waals surface area (Å²) in [6.07, 6.45) is -2.79. The Balaban J connectivity index is 3.93. The van der Waals surface area contributed by atoms with Crippen LogP contribution < -0.4 is 0 Å². The molecule has 0 amide bonds. The van der Waals surface area contributed by atoms with Crippen molar-refractivity contribution in [3.8, 4) is 0 Å². The van der Waals surface area contributed by atoms with Gasteiger partial charge >= 0.3 is 11.9 Å². The summed E-state index contributed by atoms with van der Waals surface area (Å²) in [4.78, 5) is 29.8. The summed E-state index contributed by atoms with van der Waals surface area (Å²) in [5.41, 5.74) is 0. The minimum atomic E-state index is -1.84. The van der Waals surface area contributed by atoms with Gasteiger partial charge in [-0.15, -0.1) is 0 Å². The van der Waals surface area contributed by atoms with E-state index in [1.54, 1.807) is 0 Å². The van der Waals surface area contributed by atoms with Crippen molar-refractivity contribution in [2.24, 2.45) is 0 Å². The van der Waals surface area contributed by atoms with E-state index in [1.165, 1.54) is 0 Å². The van der Waals surface area contributed by atoms with Gasteiger partial charge in [-0.25, -0.2) is 19.4 Å². The van der Waals surface area contributed by atoms with Crippen molar-refractivity contribution in [2.75, 3.05) is 6.61 Å². The topological polar surface area (TPSA) is 134 Å². The Morgan fingerprint density at radius 2 is 1.58 bits per heavy atom. The van der Waals surface area contributed by atoms with Gasteiger partial charge in [-0.3, -0.25) is 0 Å². The summed E-state index contributed by atoms with van der Waals surface area (Å²) in [6.45, 7) is 1.15. The molecule has 0 aliphatic heterocycles. The van der Waals surface area contributed by atoms with Gasteiger partial charge in [-0.2, -0.15) is 0 Å². The van der Waals surface area contributed by atoms with Crippen molar-refractivity contribution in [1.82, 2.24) is 0 Å². The predicted octanol–water partition coefficient (Wildman–Crippen LogP) is -1.36. The molecule has 0 fully saturated rings. The Hall–Kier alpha value is -1.22. The minimum absolute atomic E-state index is 0.0377. The second-order valence-electron chi connectivity index (χ2n) is 4.07. The van der Waals surface area contributed by atoms with Gasteiger partial charge in [0.25, 0.3) is 0 Å². The van der Waals surface area contributed by atoms with Crippen molar-refractivity contribution >= 4 is 11.9 Å². The Labute approximate surface area is 110 Å². The van der Waals surface area contributed by atoms with Gasteiger partial charge in [0.1, 0.15) is 0 Å². The van der Waals surface area contributed by atoms with Crippen molar-refractivity contribution in [2.45, 2.75) is 50.9 Å². The van der Waals surface area contributed by atoms with Gasteiger partial charge in [-0.1, -0.05) is 12.8 Å². The first-order valence-corrected chi connectivity index (χ1v) is 5.97. The first-order valence-electron chi connectivity index (χ1n) is 5.97. The Kier molecular flexibility index (Phi) is 9.06. The van der Waals surface area contributed by atoms with E-state index >= 15 is 0 Å². The first-order chi connectivity index (χ1) is 8.90. The number of carbonyl (C=O) groups excluding carboxylic acids is 2. The highest BCUT2D eigenvalue weighted by atomic mass is 17.2. The highest BCUT2D eigenvalue weighted by Gasteiger charge is 2.28. The molecule has 0 spiro atoms. The molecular weight excluding hydrogens is 260 g/mol. The lowest BCUT2D eigenvalue weighted by Crippen LogP contribution is -2.36. The number of hydrogen-bond acceptors (Lipinski definition) is 8. The van der Waals surface area contributed by atoms with Crippen LogP contribution in [0.3, 0.4) is 0 Å². The fraction of sp³-hybridized carbons (Fsp3) is 0.818. The molecular formula is C11H20O8. The summed E-state index contributed by atoms with van der Waals surface area (Å²) in [5, 5.41) is 36.1. The fourth-order valence-electron chi connectivity index (χ4n) is 1.16. The largest absolute Gasteiger partial charge is 0.396 e. The smallest absolute Gasteiger partial charge is 0.386 e. The predicted molar refractivity (Wildman–Crippen MR) is 61.4 cm³/mol. The van der Waals surface area contributed by atoms with Crippen LogP contribution in [0.1, 0.15) is 32.6 Å². The van der Waals surface area contributed by atoms with E-state index in [9.17, 15) is 19.8 Å². The summed E-state index contributed by atoms with van der Waals surface area (Å²) < 4.78 is 0. The Morgan fingerprint density at radius 1 is 1.00 bits per heavy atom. The highest BCUT2D eigenvalue weighted by molar-refractivity contribution is 5.77. The number of rotatable bonds is 8. The molecule has 0 aliphatic rings. The second-order valence-corrected chi connectivity index (χ2v) is 4.07. The molecule has 0 aromatic carbocycles. The van der Waals surface area contributed by atoms with Crippen molar-refractivity contribution in [3.63, 3.8) is 0 Å². The molecule has 0 radical (unpaired) electrons. The molecule has 4 N–H and O–H groups in total. The molecule has 112 valence electrons. The molecule has 0 saturated carbocycles. The van der Waals surface area contributed by atoms with Crippen LogP contribution in [0.15, 0.2) is 0 Å². The zero-order chi connectivity index (χ0) is 14.8. The number of aliphatic hydroxyl groups is 4. The maximum Gasteiger partial charge on any atom is 0.386 e. The van der Waals surface area contributed by atoms with Crippen LogP contribution in [-0.2, 0) is 19.4 Å². The van der Waals surface area contributed by atoms with E-state index in [0.29, 0.717) is 19.3 Å². The summed E-state index contributed by atoms with van der Waals surface area (Å²) in [6, 6.07) is 0. The van der Waals surface area contributed by atoms with Crippen LogP contribution in [-0.4, -0.2) is 57.3 Å². The molecule has 0 aromatic heterocycles. The maximum absolute atomic E-state index is 11.2. The molecule has 0 saturated heterocycles. The van der Waals surface area contributed by atoms with Crippen LogP contribution in [0.2, 0.25) is 0 Å². The zero-order valence-electron chi connectivity index (χ0n) is 10.7. The van der Waals surface area contributed by atoms with E-state index < -0.39 is 30.3 Å². The number of hydrogen-bond donors (Lipinski definition) is 4. The number of unbranched alkanes of at least 4 members (excludes halogenated alkanes) is 2. The van der Waals surface area contributed by atoms with E-state index in [-0.39, 0.29) is 13.0 Å². The van der Waals surface area contributed by atoms with Gasteiger partial charge in [0.15, 0.2) is 12.2 Å². The Bertz CT molecular complexity index is 278. The molecule has 0 rings (SSSR count). The molecule has 0 heterocycles. The van der Waals surface area contributed by atoms with Gasteiger partial charge in [0, 0.05) is 6.61 Å².